The van der Waals surface area contributed by atoms with Crippen molar-refractivity contribution in [3.05, 3.63) is 17.0 Å². The highest BCUT2D eigenvalue weighted by molar-refractivity contribution is 9.10. The van der Waals surface area contributed by atoms with Crippen LogP contribution in [0.5, 0.6) is 0 Å². The van der Waals surface area contributed by atoms with Crippen molar-refractivity contribution in [2.24, 2.45) is 11.7 Å². The van der Waals surface area contributed by atoms with Crippen LogP contribution >= 0.6 is 15.9 Å². The van der Waals surface area contributed by atoms with Gasteiger partial charge >= 0.3 is 0 Å². The Morgan fingerprint density at radius 3 is 2.67 bits per heavy atom. The summed E-state index contributed by atoms with van der Waals surface area (Å²) in [5.74, 6) is 0.297. The van der Waals surface area contributed by atoms with Gasteiger partial charge in [-0.05, 0) is 21.8 Å². The van der Waals surface area contributed by atoms with Crippen LogP contribution in [0, 0.1) is 5.92 Å². The normalized spacial score (nSPS) is 12.5. The number of hydrogen-bond donors (Lipinski definition) is 2. The molecule has 15 heavy (non-hydrogen) atoms. The van der Waals surface area contributed by atoms with Crippen molar-refractivity contribution in [1.29, 1.82) is 0 Å². The molecule has 1 heterocycles. The van der Waals surface area contributed by atoms with E-state index >= 15 is 0 Å². The SMILES string of the molecule is CC(C)C(Nc1cc(Br)ncn1)C(N)=O. The van der Waals surface area contributed by atoms with Gasteiger partial charge in [-0.1, -0.05) is 13.8 Å². The number of nitrogens with zero attached hydrogens (tertiary/aromatic N) is 2. The second-order valence-corrected chi connectivity index (χ2v) is 4.31. The third-order valence-corrected chi connectivity index (χ3v) is 2.34. The van der Waals surface area contributed by atoms with Gasteiger partial charge in [0.25, 0.3) is 0 Å². The summed E-state index contributed by atoms with van der Waals surface area (Å²) in [7, 11) is 0. The minimum Gasteiger partial charge on any atom is -0.368 e. The first-order chi connectivity index (χ1) is 7.00. The molecule has 0 spiro atoms. The Bertz CT molecular complexity index is 356. The Morgan fingerprint density at radius 2 is 2.20 bits per heavy atom. The smallest absolute Gasteiger partial charge is 0.240 e. The molecule has 0 radical (unpaired) electrons. The third-order valence-electron chi connectivity index (χ3n) is 1.91. The van der Waals surface area contributed by atoms with Crippen molar-refractivity contribution >= 4 is 27.7 Å². The van der Waals surface area contributed by atoms with E-state index in [9.17, 15) is 4.79 Å². The lowest BCUT2D eigenvalue weighted by atomic mass is 10.0. The van der Waals surface area contributed by atoms with Crippen LogP contribution in [-0.4, -0.2) is 21.9 Å². The number of anilines is 1. The van der Waals surface area contributed by atoms with Gasteiger partial charge in [0.2, 0.25) is 5.91 Å². The van der Waals surface area contributed by atoms with E-state index in [0.29, 0.717) is 10.4 Å². The Balaban J connectivity index is 2.79. The molecule has 0 saturated heterocycles. The number of carbonyl (C=O) groups is 1. The van der Waals surface area contributed by atoms with Crippen LogP contribution in [0.2, 0.25) is 0 Å². The second kappa shape index (κ2) is 5.06. The van der Waals surface area contributed by atoms with E-state index in [0.717, 1.165) is 0 Å². The fourth-order valence-electron chi connectivity index (χ4n) is 1.14. The Labute approximate surface area is 96.6 Å². The van der Waals surface area contributed by atoms with E-state index in [4.69, 9.17) is 5.73 Å². The molecule has 0 aliphatic heterocycles. The van der Waals surface area contributed by atoms with Crippen molar-refractivity contribution in [2.45, 2.75) is 19.9 Å². The van der Waals surface area contributed by atoms with Crippen molar-refractivity contribution in [1.82, 2.24) is 9.97 Å². The van der Waals surface area contributed by atoms with Gasteiger partial charge in [0, 0.05) is 6.07 Å². The molecule has 0 bridgehead atoms. The zero-order valence-electron chi connectivity index (χ0n) is 8.57. The molecule has 1 unspecified atom stereocenters. The average Bonchev–Trinajstić information content (AvgIpc) is 2.13. The summed E-state index contributed by atoms with van der Waals surface area (Å²) in [5.41, 5.74) is 5.27. The lowest BCUT2D eigenvalue weighted by Crippen LogP contribution is -2.39. The number of hydrogen-bond acceptors (Lipinski definition) is 4. The summed E-state index contributed by atoms with van der Waals surface area (Å²) in [6, 6.07) is 1.27. The monoisotopic (exact) mass is 272 g/mol. The third kappa shape index (κ3) is 3.47. The van der Waals surface area contributed by atoms with Crippen LogP contribution in [0.4, 0.5) is 5.82 Å². The summed E-state index contributed by atoms with van der Waals surface area (Å²) in [4.78, 5) is 19.0. The number of aromatic nitrogens is 2. The zero-order chi connectivity index (χ0) is 11.4. The fourth-order valence-corrected chi connectivity index (χ4v) is 1.45. The highest BCUT2D eigenvalue weighted by Gasteiger charge is 2.19. The van der Waals surface area contributed by atoms with Crippen molar-refractivity contribution in [3.8, 4) is 0 Å². The van der Waals surface area contributed by atoms with Gasteiger partial charge in [0.05, 0.1) is 0 Å². The van der Waals surface area contributed by atoms with Crippen LogP contribution in [0.25, 0.3) is 0 Å². The van der Waals surface area contributed by atoms with Gasteiger partial charge in [-0.2, -0.15) is 0 Å². The summed E-state index contributed by atoms with van der Waals surface area (Å²) < 4.78 is 0.659. The van der Waals surface area contributed by atoms with E-state index < -0.39 is 6.04 Å². The molecule has 1 atom stereocenters. The molecule has 1 rings (SSSR count). The minimum absolute atomic E-state index is 0.108. The van der Waals surface area contributed by atoms with Gasteiger partial charge in [-0.15, -0.1) is 0 Å². The number of nitrogens with two attached hydrogens (primary N) is 1. The first-order valence-corrected chi connectivity index (χ1v) is 5.33. The van der Waals surface area contributed by atoms with Crippen LogP contribution in [0.15, 0.2) is 17.0 Å². The molecular weight excluding hydrogens is 260 g/mol. The number of nitrogens with one attached hydrogen (secondary N) is 1. The van der Waals surface area contributed by atoms with E-state index in [1.807, 2.05) is 13.8 Å². The van der Waals surface area contributed by atoms with Crippen molar-refractivity contribution in [3.63, 3.8) is 0 Å². The minimum atomic E-state index is -0.424. The van der Waals surface area contributed by atoms with E-state index in [2.05, 4.69) is 31.2 Å². The van der Waals surface area contributed by atoms with Gasteiger partial charge in [0.15, 0.2) is 0 Å². The maximum Gasteiger partial charge on any atom is 0.240 e. The summed E-state index contributed by atoms with van der Waals surface area (Å²) in [6.07, 6.45) is 1.41. The number of primary amides is 1. The maximum atomic E-state index is 11.1. The van der Waals surface area contributed by atoms with Gasteiger partial charge < -0.3 is 11.1 Å². The molecule has 0 aromatic carbocycles. The highest BCUT2D eigenvalue weighted by atomic mass is 79.9. The number of carbonyl (C=O) groups excluding carboxylic acids is 1. The lowest BCUT2D eigenvalue weighted by molar-refractivity contribution is -0.119. The zero-order valence-corrected chi connectivity index (χ0v) is 10.2. The molecule has 0 saturated carbocycles. The molecule has 0 aliphatic rings. The highest BCUT2D eigenvalue weighted by Crippen LogP contribution is 2.13. The largest absolute Gasteiger partial charge is 0.368 e. The molecule has 1 aromatic heterocycles. The van der Waals surface area contributed by atoms with Crippen molar-refractivity contribution in [2.75, 3.05) is 5.32 Å². The second-order valence-electron chi connectivity index (χ2n) is 3.49. The molecule has 3 N–H and O–H groups in total. The maximum absolute atomic E-state index is 11.1. The number of rotatable bonds is 4. The molecule has 0 aliphatic carbocycles. The number of halogens is 1. The summed E-state index contributed by atoms with van der Waals surface area (Å²) >= 11 is 3.22. The van der Waals surface area contributed by atoms with Crippen LogP contribution in [0.1, 0.15) is 13.8 Å². The quantitative estimate of drug-likeness (QED) is 0.807. The predicted molar refractivity (Wildman–Crippen MR) is 61.2 cm³/mol. The molecule has 6 heteroatoms. The lowest BCUT2D eigenvalue weighted by Gasteiger charge is -2.19. The fraction of sp³-hybridized carbons (Fsp3) is 0.444. The van der Waals surface area contributed by atoms with Crippen LogP contribution in [0.3, 0.4) is 0 Å². The van der Waals surface area contributed by atoms with Gasteiger partial charge in [0.1, 0.15) is 22.8 Å². The molecule has 1 amide bonds. The van der Waals surface area contributed by atoms with E-state index in [-0.39, 0.29) is 11.8 Å². The first kappa shape index (κ1) is 11.9. The summed E-state index contributed by atoms with van der Waals surface area (Å²) in [5, 5.41) is 2.96. The Kier molecular flexibility index (Phi) is 4.02. The van der Waals surface area contributed by atoms with Crippen LogP contribution < -0.4 is 11.1 Å². The first-order valence-electron chi connectivity index (χ1n) is 4.54. The predicted octanol–water partition coefficient (Wildman–Crippen LogP) is 1.16. The number of amides is 1. The Hall–Kier alpha value is -1.17. The molecule has 5 nitrogen and oxygen atoms in total. The molecule has 1 aromatic rings. The van der Waals surface area contributed by atoms with Crippen molar-refractivity contribution < 1.29 is 4.79 Å². The molecule has 82 valence electrons. The van der Waals surface area contributed by atoms with Gasteiger partial charge in [-0.3, -0.25) is 4.79 Å². The standard InChI is InChI=1S/C9H13BrN4O/c1-5(2)8(9(11)15)14-7-3-6(10)12-4-13-7/h3-5,8H,1-2H3,(H2,11,15)(H,12,13,14). The van der Waals surface area contributed by atoms with E-state index in [1.54, 1.807) is 6.07 Å². The molecule has 0 fully saturated rings. The van der Waals surface area contributed by atoms with Gasteiger partial charge in [-0.25, -0.2) is 9.97 Å². The Morgan fingerprint density at radius 1 is 1.53 bits per heavy atom. The van der Waals surface area contributed by atoms with E-state index in [1.165, 1.54) is 6.33 Å². The average molecular weight is 273 g/mol. The summed E-state index contributed by atoms with van der Waals surface area (Å²) in [6.45, 7) is 3.83. The molecular formula is C9H13BrN4O. The topological polar surface area (TPSA) is 80.9 Å². The van der Waals surface area contributed by atoms with Crippen LogP contribution in [-0.2, 0) is 4.79 Å².